The topological polar surface area (TPSA) is 107 Å². The van der Waals surface area contributed by atoms with E-state index < -0.39 is 11.7 Å². The van der Waals surface area contributed by atoms with Gasteiger partial charge in [-0.15, -0.1) is 0 Å². The average Bonchev–Trinajstić information content (AvgIpc) is 2.65. The second-order valence-corrected chi connectivity index (χ2v) is 8.88. The molecular weight excluding hydrogens is 396 g/mol. The van der Waals surface area contributed by atoms with Crippen molar-refractivity contribution in [3.8, 4) is 23.0 Å². The van der Waals surface area contributed by atoms with Gasteiger partial charge in [-0.3, -0.25) is 4.79 Å². The molecule has 0 aromatic heterocycles. The van der Waals surface area contributed by atoms with Crippen LogP contribution >= 0.6 is 0 Å². The van der Waals surface area contributed by atoms with Gasteiger partial charge in [0.25, 0.3) is 0 Å². The largest absolute Gasteiger partial charge is 0.508 e. The third kappa shape index (κ3) is 5.79. The fraction of sp³-hybridized carbons (Fsp3) is 0.400. The summed E-state index contributed by atoms with van der Waals surface area (Å²) >= 11 is 0. The van der Waals surface area contributed by atoms with Crippen LogP contribution in [0.2, 0.25) is 0 Å². The number of carbonyl (C=O) groups is 1. The number of aromatic hydroxyl groups is 3. The lowest BCUT2D eigenvalue weighted by Crippen LogP contribution is -2.20. The van der Waals surface area contributed by atoms with E-state index in [-0.39, 0.29) is 40.8 Å². The average molecular weight is 427 g/mol. The second-order valence-electron chi connectivity index (χ2n) is 8.88. The number of carbonyl (C=O) groups excluding carboxylic acids is 1. The maximum Gasteiger partial charge on any atom is 0.174 e. The van der Waals surface area contributed by atoms with Gasteiger partial charge in [0.05, 0.1) is 12.0 Å². The minimum Gasteiger partial charge on any atom is -0.508 e. The van der Waals surface area contributed by atoms with E-state index in [0.29, 0.717) is 6.42 Å². The standard InChI is InChI=1S/C25H30O6/c1-15(5-4-10-25(2,3)30)6-7-16-11-17(8-9-19(16)27)22-14-21(29)24-20(28)12-18(26)13-23(24)31-22/h6,8-9,11-13,22,26-28,30H,4-5,7,10,14H2,1-3H3/t22-/m0/s1. The number of allylic oxidation sites excluding steroid dienone is 2. The normalized spacial score (nSPS) is 16.7. The van der Waals surface area contributed by atoms with Gasteiger partial charge in [0, 0.05) is 12.1 Å². The Hall–Kier alpha value is -2.99. The first-order valence-electron chi connectivity index (χ1n) is 10.5. The fourth-order valence-electron chi connectivity index (χ4n) is 3.77. The van der Waals surface area contributed by atoms with Crippen LogP contribution in [0.25, 0.3) is 0 Å². The third-order valence-electron chi connectivity index (χ3n) is 5.49. The molecule has 0 radical (unpaired) electrons. The van der Waals surface area contributed by atoms with Crippen molar-refractivity contribution in [2.75, 3.05) is 0 Å². The molecule has 166 valence electrons. The van der Waals surface area contributed by atoms with Crippen LogP contribution in [0.1, 0.15) is 74.0 Å². The number of phenols is 3. The number of fused-ring (bicyclic) bond motifs is 1. The lowest BCUT2D eigenvalue weighted by Gasteiger charge is -2.26. The van der Waals surface area contributed by atoms with Crippen molar-refractivity contribution in [1.29, 1.82) is 0 Å². The van der Waals surface area contributed by atoms with E-state index in [1.165, 1.54) is 11.6 Å². The Balaban J connectivity index is 1.74. The molecule has 2 aromatic carbocycles. The highest BCUT2D eigenvalue weighted by atomic mass is 16.5. The van der Waals surface area contributed by atoms with Crippen molar-refractivity contribution in [3.63, 3.8) is 0 Å². The lowest BCUT2D eigenvalue weighted by atomic mass is 9.93. The maximum absolute atomic E-state index is 12.5. The Morgan fingerprint density at radius 1 is 1.16 bits per heavy atom. The number of hydrogen-bond acceptors (Lipinski definition) is 6. The molecule has 31 heavy (non-hydrogen) atoms. The summed E-state index contributed by atoms with van der Waals surface area (Å²) in [5.41, 5.74) is 2.05. The smallest absolute Gasteiger partial charge is 0.174 e. The monoisotopic (exact) mass is 426 g/mol. The number of aliphatic hydroxyl groups is 1. The van der Waals surface area contributed by atoms with Crippen LogP contribution in [-0.2, 0) is 6.42 Å². The molecule has 1 atom stereocenters. The Labute approximate surface area is 182 Å². The molecule has 0 spiro atoms. The SMILES string of the molecule is CC(=CCc1cc([C@@H]2CC(=O)c3c(O)cc(O)cc3O2)ccc1O)CCCC(C)(C)O. The lowest BCUT2D eigenvalue weighted by molar-refractivity contribution is 0.0689. The predicted molar refractivity (Wildman–Crippen MR) is 118 cm³/mol. The van der Waals surface area contributed by atoms with Gasteiger partial charge >= 0.3 is 0 Å². The van der Waals surface area contributed by atoms with E-state index in [4.69, 9.17) is 4.74 Å². The van der Waals surface area contributed by atoms with Crippen LogP contribution < -0.4 is 4.74 Å². The van der Waals surface area contributed by atoms with Crippen LogP contribution in [0, 0.1) is 0 Å². The summed E-state index contributed by atoms with van der Waals surface area (Å²) in [7, 11) is 0. The van der Waals surface area contributed by atoms with Crippen molar-refractivity contribution >= 4 is 5.78 Å². The fourth-order valence-corrected chi connectivity index (χ4v) is 3.77. The summed E-state index contributed by atoms with van der Waals surface area (Å²) < 4.78 is 5.89. The van der Waals surface area contributed by atoms with Gasteiger partial charge in [-0.1, -0.05) is 17.7 Å². The molecule has 0 amide bonds. The Bertz CT molecular complexity index is 1000. The zero-order valence-electron chi connectivity index (χ0n) is 18.2. The zero-order valence-corrected chi connectivity index (χ0v) is 18.2. The Morgan fingerprint density at radius 3 is 2.61 bits per heavy atom. The number of hydrogen-bond donors (Lipinski definition) is 4. The van der Waals surface area contributed by atoms with E-state index in [2.05, 4.69) is 6.08 Å². The van der Waals surface area contributed by atoms with Crippen LogP contribution in [0.4, 0.5) is 0 Å². The third-order valence-corrected chi connectivity index (χ3v) is 5.49. The summed E-state index contributed by atoms with van der Waals surface area (Å²) in [6, 6.07) is 7.56. The highest BCUT2D eigenvalue weighted by molar-refractivity contribution is 6.02. The molecule has 4 N–H and O–H groups in total. The van der Waals surface area contributed by atoms with E-state index in [1.54, 1.807) is 26.0 Å². The first kappa shape index (κ1) is 22.7. The van der Waals surface area contributed by atoms with Crippen LogP contribution in [-0.4, -0.2) is 31.8 Å². The molecule has 1 aliphatic rings. The van der Waals surface area contributed by atoms with Crippen LogP contribution in [0.5, 0.6) is 23.0 Å². The van der Waals surface area contributed by atoms with Gasteiger partial charge in [0.2, 0.25) is 0 Å². The molecule has 0 bridgehead atoms. The van der Waals surface area contributed by atoms with Crippen molar-refractivity contribution < 1.29 is 30.0 Å². The molecule has 1 aliphatic heterocycles. The number of rotatable bonds is 7. The van der Waals surface area contributed by atoms with E-state index in [1.807, 2.05) is 13.0 Å². The van der Waals surface area contributed by atoms with E-state index in [9.17, 15) is 25.2 Å². The van der Waals surface area contributed by atoms with Gasteiger partial charge in [-0.2, -0.15) is 0 Å². The van der Waals surface area contributed by atoms with Gasteiger partial charge < -0.3 is 25.2 Å². The highest BCUT2D eigenvalue weighted by Gasteiger charge is 2.31. The zero-order chi connectivity index (χ0) is 22.8. The summed E-state index contributed by atoms with van der Waals surface area (Å²) in [6.07, 6.45) is 4.55. The predicted octanol–water partition coefficient (Wildman–Crippen LogP) is 4.94. The summed E-state index contributed by atoms with van der Waals surface area (Å²) in [5, 5.41) is 39.8. The van der Waals surface area contributed by atoms with Crippen molar-refractivity contribution in [3.05, 3.63) is 58.7 Å². The number of ketones is 1. The van der Waals surface area contributed by atoms with Crippen molar-refractivity contribution in [2.24, 2.45) is 0 Å². The molecule has 0 saturated carbocycles. The van der Waals surface area contributed by atoms with Gasteiger partial charge in [-0.25, -0.2) is 0 Å². The minimum atomic E-state index is -0.670. The summed E-state index contributed by atoms with van der Waals surface area (Å²) in [4.78, 5) is 12.5. The Kier molecular flexibility index (Phi) is 6.60. The first-order chi connectivity index (χ1) is 14.5. The molecule has 6 heteroatoms. The molecule has 0 aliphatic carbocycles. The van der Waals surface area contributed by atoms with Gasteiger partial charge in [-0.05, 0) is 69.7 Å². The number of Topliss-reactive ketones (excluding diaryl/α,β-unsaturated/α-hetero) is 1. The van der Waals surface area contributed by atoms with Crippen LogP contribution in [0.15, 0.2) is 42.0 Å². The van der Waals surface area contributed by atoms with Crippen molar-refractivity contribution in [2.45, 2.75) is 64.6 Å². The second kappa shape index (κ2) is 9.02. The summed E-state index contributed by atoms with van der Waals surface area (Å²) in [6.45, 7) is 5.63. The maximum atomic E-state index is 12.5. The Morgan fingerprint density at radius 2 is 1.90 bits per heavy atom. The molecule has 6 nitrogen and oxygen atoms in total. The van der Waals surface area contributed by atoms with Crippen LogP contribution in [0.3, 0.4) is 0 Å². The molecule has 0 saturated heterocycles. The molecule has 3 rings (SSSR count). The quantitative estimate of drug-likeness (QED) is 0.467. The number of phenolic OH excluding ortho intramolecular Hbond substituents is 3. The molecular formula is C25H30O6. The highest BCUT2D eigenvalue weighted by Crippen LogP contribution is 2.42. The minimum absolute atomic E-state index is 0.0569. The molecule has 0 unspecified atom stereocenters. The molecule has 0 fully saturated rings. The van der Waals surface area contributed by atoms with Gasteiger partial charge in [0.15, 0.2) is 5.78 Å². The summed E-state index contributed by atoms with van der Waals surface area (Å²) in [5.74, 6) is -0.421. The van der Waals surface area contributed by atoms with Gasteiger partial charge in [0.1, 0.15) is 34.7 Å². The first-order valence-corrected chi connectivity index (χ1v) is 10.5. The number of benzene rings is 2. The number of ether oxygens (including phenoxy) is 1. The van der Waals surface area contributed by atoms with Crippen molar-refractivity contribution in [1.82, 2.24) is 0 Å². The molecule has 2 aromatic rings. The molecule has 1 heterocycles. The van der Waals surface area contributed by atoms with E-state index >= 15 is 0 Å². The van der Waals surface area contributed by atoms with E-state index in [0.717, 1.165) is 36.5 Å².